The third kappa shape index (κ3) is 7.41. The molecule has 5 aliphatic rings. The first-order valence-electron chi connectivity index (χ1n) is 19.8. The van der Waals surface area contributed by atoms with Crippen LogP contribution in [0.3, 0.4) is 0 Å². The van der Waals surface area contributed by atoms with Crippen LogP contribution in [0.5, 0.6) is 5.75 Å². The Morgan fingerprint density at radius 1 is 0.967 bits per heavy atom. The first-order valence-corrected chi connectivity index (χ1v) is 20.2. The number of imide groups is 2. The van der Waals surface area contributed by atoms with Crippen LogP contribution in [0.15, 0.2) is 85.0 Å². The monoisotopic (exact) mass is 829 g/mol. The van der Waals surface area contributed by atoms with E-state index in [-0.39, 0.29) is 42.0 Å². The SMILES string of the molecule is CC1(C)[C@H](NC(=O)c2cnc(N3C=CC=C(CN4CCN(c5ccc6c(c5)C(=O)N(C5CCC(=O)NC5=O)C6=O)CC4)C=C3)nc2)C(C)(C)[C@H]1Oc1ccc(C#N)c(Cl)c1. The lowest BCUT2D eigenvalue weighted by molar-refractivity contribution is -0.164. The minimum absolute atomic E-state index is 0.0728. The molecule has 3 fully saturated rings. The molecule has 60 heavy (non-hydrogen) atoms. The zero-order valence-electron chi connectivity index (χ0n) is 33.6. The molecule has 2 N–H and O–H groups in total. The van der Waals surface area contributed by atoms with Gasteiger partial charge in [-0.05, 0) is 54.5 Å². The number of piperidine rings is 1. The van der Waals surface area contributed by atoms with Crippen molar-refractivity contribution >= 4 is 52.8 Å². The number of nitrogens with one attached hydrogen (secondary N) is 2. The molecular weight excluding hydrogens is 786 g/mol. The highest BCUT2D eigenvalue weighted by molar-refractivity contribution is 6.31. The van der Waals surface area contributed by atoms with Gasteiger partial charge in [0.2, 0.25) is 17.8 Å². The lowest BCUT2D eigenvalue weighted by atomic mass is 9.49. The Labute approximate surface area is 352 Å². The van der Waals surface area contributed by atoms with Gasteiger partial charge in [0, 0.05) is 92.6 Å². The molecule has 16 heteroatoms. The fourth-order valence-electron chi connectivity index (χ4n) is 9.24. The summed E-state index contributed by atoms with van der Waals surface area (Å²) in [6.45, 7) is 11.9. The summed E-state index contributed by atoms with van der Waals surface area (Å²) in [5.74, 6) is -1.37. The van der Waals surface area contributed by atoms with E-state index in [0.29, 0.717) is 47.5 Å². The normalized spacial score (nSPS) is 23.3. The minimum Gasteiger partial charge on any atom is -0.489 e. The Hall–Kier alpha value is -6.37. The molecule has 1 unspecified atom stereocenters. The van der Waals surface area contributed by atoms with Crippen molar-refractivity contribution in [3.8, 4) is 11.8 Å². The fraction of sp³-hybridized carbons (Fsp3) is 0.364. The Bertz CT molecular complexity index is 2410. The second-order valence-electron chi connectivity index (χ2n) is 16.8. The lowest BCUT2D eigenvalue weighted by Gasteiger charge is -2.63. The van der Waals surface area contributed by atoms with Gasteiger partial charge in [-0.15, -0.1) is 0 Å². The molecule has 2 saturated heterocycles. The van der Waals surface area contributed by atoms with Gasteiger partial charge in [-0.3, -0.25) is 44.0 Å². The number of hydrogen-bond donors (Lipinski definition) is 2. The van der Waals surface area contributed by atoms with E-state index in [9.17, 15) is 29.2 Å². The largest absolute Gasteiger partial charge is 0.489 e. The van der Waals surface area contributed by atoms with E-state index < -0.39 is 40.5 Å². The average molecular weight is 830 g/mol. The molecular formula is C44H44ClN9O6. The van der Waals surface area contributed by atoms with Crippen LogP contribution in [-0.4, -0.2) is 100 Å². The van der Waals surface area contributed by atoms with E-state index >= 15 is 0 Å². The van der Waals surface area contributed by atoms with Crippen molar-refractivity contribution in [2.75, 3.05) is 42.5 Å². The van der Waals surface area contributed by atoms with Crippen molar-refractivity contribution in [3.05, 3.63) is 112 Å². The number of amides is 5. The number of anilines is 2. The number of allylic oxidation sites excluding steroid dienone is 2. The zero-order chi connectivity index (χ0) is 42.5. The summed E-state index contributed by atoms with van der Waals surface area (Å²) < 4.78 is 6.35. The second kappa shape index (κ2) is 15.7. The maximum absolute atomic E-state index is 13.4. The number of piperazine rings is 1. The predicted molar refractivity (Wildman–Crippen MR) is 222 cm³/mol. The van der Waals surface area contributed by atoms with Gasteiger partial charge in [0.1, 0.15) is 24.0 Å². The van der Waals surface area contributed by atoms with Gasteiger partial charge in [0.05, 0.1) is 27.3 Å². The number of rotatable bonds is 9. The highest BCUT2D eigenvalue weighted by Gasteiger charge is 2.64. The summed E-state index contributed by atoms with van der Waals surface area (Å²) in [4.78, 5) is 80.3. The van der Waals surface area contributed by atoms with Crippen LogP contribution in [0.1, 0.15) is 77.2 Å². The van der Waals surface area contributed by atoms with E-state index in [2.05, 4.69) is 36.5 Å². The lowest BCUT2D eigenvalue weighted by Crippen LogP contribution is -2.74. The van der Waals surface area contributed by atoms with E-state index in [1.807, 2.05) is 64.4 Å². The Kier molecular flexibility index (Phi) is 10.6. The highest BCUT2D eigenvalue weighted by Crippen LogP contribution is 2.55. The number of carbonyl (C=O) groups excluding carboxylic acids is 5. The van der Waals surface area contributed by atoms with Crippen LogP contribution in [-0.2, 0) is 9.59 Å². The molecule has 4 aliphatic heterocycles. The third-order valence-electron chi connectivity index (χ3n) is 12.1. The van der Waals surface area contributed by atoms with E-state index in [1.54, 1.807) is 35.2 Å². The summed E-state index contributed by atoms with van der Waals surface area (Å²) in [5, 5.41) is 14.9. The summed E-state index contributed by atoms with van der Waals surface area (Å²) >= 11 is 6.24. The Morgan fingerprint density at radius 2 is 1.68 bits per heavy atom. The molecule has 308 valence electrons. The van der Waals surface area contributed by atoms with E-state index in [0.717, 1.165) is 29.2 Å². The number of ether oxygens (including phenoxy) is 1. The molecule has 1 aromatic heterocycles. The molecule has 2 aromatic carbocycles. The fourth-order valence-corrected chi connectivity index (χ4v) is 9.45. The van der Waals surface area contributed by atoms with E-state index in [1.165, 1.54) is 12.4 Å². The average Bonchev–Trinajstić information content (AvgIpc) is 3.34. The van der Waals surface area contributed by atoms with Gasteiger partial charge in [0.15, 0.2) is 0 Å². The van der Waals surface area contributed by atoms with Crippen LogP contribution < -0.4 is 25.2 Å². The standard InChI is InChI=1S/C44H44ClN9O6/c1-43(2)40(44(3,4)41(43)60-30-9-7-27(22-46)33(45)21-30)50-36(56)28-23-47-42(48-24-28)53-14-5-6-26(13-15-53)25-51-16-18-52(19-17-51)29-8-10-31-32(20-29)39(59)54(38(31)58)34-11-12-35(55)49-37(34)57/h5-10,13-15,20-21,23-24,34,40-41H,11-12,16-19,25H2,1-4H3,(H,50,56)(H,49,55,57)/t34?,40-,41-. The van der Waals surface area contributed by atoms with Crippen LogP contribution in [0.25, 0.3) is 0 Å². The number of nitriles is 1. The third-order valence-corrected chi connectivity index (χ3v) is 12.4. The summed E-state index contributed by atoms with van der Waals surface area (Å²) in [6, 6.07) is 11.1. The van der Waals surface area contributed by atoms with Gasteiger partial charge in [-0.25, -0.2) is 9.97 Å². The van der Waals surface area contributed by atoms with Gasteiger partial charge < -0.3 is 15.0 Å². The molecule has 15 nitrogen and oxygen atoms in total. The minimum atomic E-state index is -0.998. The first kappa shape index (κ1) is 40.4. The van der Waals surface area contributed by atoms with E-state index in [4.69, 9.17) is 16.3 Å². The second-order valence-corrected chi connectivity index (χ2v) is 17.2. The Balaban J connectivity index is 0.826. The quantitative estimate of drug-likeness (QED) is 0.287. The molecule has 1 atom stereocenters. The van der Waals surface area contributed by atoms with Crippen molar-refractivity contribution in [1.82, 2.24) is 30.4 Å². The highest BCUT2D eigenvalue weighted by atomic mass is 35.5. The van der Waals surface area contributed by atoms with Gasteiger partial charge in [0.25, 0.3) is 17.7 Å². The Morgan fingerprint density at radius 3 is 2.37 bits per heavy atom. The van der Waals surface area contributed by atoms with Crippen molar-refractivity contribution in [1.29, 1.82) is 5.26 Å². The number of nitrogens with zero attached hydrogens (tertiary/aromatic N) is 7. The van der Waals surface area contributed by atoms with Gasteiger partial charge in [-0.1, -0.05) is 45.4 Å². The van der Waals surface area contributed by atoms with Gasteiger partial charge >= 0.3 is 0 Å². The molecule has 0 bridgehead atoms. The van der Waals surface area contributed by atoms with Crippen LogP contribution in [0.2, 0.25) is 5.02 Å². The molecule has 5 heterocycles. The molecule has 3 aromatic rings. The zero-order valence-corrected chi connectivity index (χ0v) is 34.4. The summed E-state index contributed by atoms with van der Waals surface area (Å²) in [5.41, 5.74) is 2.33. The molecule has 5 amide bonds. The summed E-state index contributed by atoms with van der Waals surface area (Å²) in [7, 11) is 0. The maximum Gasteiger partial charge on any atom is 0.262 e. The number of hydrogen-bond acceptors (Lipinski definition) is 12. The van der Waals surface area contributed by atoms with Crippen molar-refractivity contribution < 1.29 is 28.7 Å². The number of halogens is 1. The number of carbonyl (C=O) groups is 5. The maximum atomic E-state index is 13.4. The number of benzene rings is 2. The molecule has 8 rings (SSSR count). The van der Waals surface area contributed by atoms with Crippen LogP contribution in [0, 0.1) is 22.2 Å². The van der Waals surface area contributed by atoms with Crippen LogP contribution >= 0.6 is 11.6 Å². The number of aromatic nitrogens is 2. The smallest absolute Gasteiger partial charge is 0.262 e. The van der Waals surface area contributed by atoms with Crippen molar-refractivity contribution in [3.63, 3.8) is 0 Å². The van der Waals surface area contributed by atoms with Crippen LogP contribution in [0.4, 0.5) is 11.6 Å². The van der Waals surface area contributed by atoms with Crippen molar-refractivity contribution in [2.45, 2.75) is 58.7 Å². The molecule has 0 spiro atoms. The first-order chi connectivity index (χ1) is 28.6. The predicted octanol–water partition coefficient (Wildman–Crippen LogP) is 4.61. The number of fused-ring (bicyclic) bond motifs is 1. The summed E-state index contributed by atoms with van der Waals surface area (Å²) in [6.07, 6.45) is 12.7. The van der Waals surface area contributed by atoms with Gasteiger partial charge in [-0.2, -0.15) is 5.26 Å². The molecule has 1 aliphatic carbocycles. The molecule has 0 radical (unpaired) electrons. The topological polar surface area (TPSA) is 181 Å². The van der Waals surface area contributed by atoms with Crippen molar-refractivity contribution in [2.24, 2.45) is 10.8 Å². The molecule has 1 saturated carbocycles.